The minimum Gasteiger partial charge on any atom is -0.485 e. The lowest BCUT2D eigenvalue weighted by atomic mass is 10.1. The predicted molar refractivity (Wildman–Crippen MR) is 76.4 cm³/mol. The van der Waals surface area contributed by atoms with E-state index in [1.165, 1.54) is 6.20 Å². The number of benzene rings is 1. The van der Waals surface area contributed by atoms with Gasteiger partial charge in [0.1, 0.15) is 18.2 Å². The van der Waals surface area contributed by atoms with Crippen molar-refractivity contribution in [2.45, 2.75) is 26.9 Å². The van der Waals surface area contributed by atoms with Gasteiger partial charge in [0, 0.05) is 11.8 Å². The summed E-state index contributed by atoms with van der Waals surface area (Å²) in [6, 6.07) is 5.82. The van der Waals surface area contributed by atoms with Crippen molar-refractivity contribution in [2.24, 2.45) is 0 Å². The molecule has 21 heavy (non-hydrogen) atoms. The van der Waals surface area contributed by atoms with Crippen molar-refractivity contribution >= 4 is 5.97 Å². The normalized spacial score (nSPS) is 10.4. The van der Waals surface area contributed by atoms with Gasteiger partial charge in [-0.05, 0) is 25.0 Å². The molecule has 0 spiro atoms. The Morgan fingerprint density at radius 3 is 2.57 bits per heavy atom. The summed E-state index contributed by atoms with van der Waals surface area (Å²) in [4.78, 5) is 28.9. The molecular formula is C15H16N2O4. The molecule has 6 heteroatoms. The quantitative estimate of drug-likeness (QED) is 0.871. The average Bonchev–Trinajstić information content (AvgIpc) is 2.41. The number of hydrogen-bond donors (Lipinski definition) is 2. The molecule has 0 fully saturated rings. The van der Waals surface area contributed by atoms with Gasteiger partial charge in [-0.3, -0.25) is 9.59 Å². The van der Waals surface area contributed by atoms with Gasteiger partial charge in [-0.2, -0.15) is 0 Å². The van der Waals surface area contributed by atoms with Crippen molar-refractivity contribution in [3.8, 4) is 5.75 Å². The summed E-state index contributed by atoms with van der Waals surface area (Å²) in [6.45, 7) is 4.00. The van der Waals surface area contributed by atoms with Crippen LogP contribution < -0.4 is 10.3 Å². The fraction of sp³-hybridized carbons (Fsp3) is 0.267. The molecule has 1 aromatic carbocycles. The van der Waals surface area contributed by atoms with Gasteiger partial charge in [-0.15, -0.1) is 0 Å². The number of nitrogens with one attached hydrogen (secondary N) is 1. The van der Waals surface area contributed by atoms with E-state index in [1.807, 2.05) is 32.0 Å². The predicted octanol–water partition coefficient (Wildman–Crippen LogP) is 1.59. The lowest BCUT2D eigenvalue weighted by molar-refractivity contribution is -0.136. The van der Waals surface area contributed by atoms with Crippen molar-refractivity contribution in [3.63, 3.8) is 0 Å². The lowest BCUT2D eigenvalue weighted by Gasteiger charge is -2.11. The van der Waals surface area contributed by atoms with E-state index < -0.39 is 11.5 Å². The maximum atomic E-state index is 11.7. The molecule has 0 aliphatic rings. The number of hydrogen-bond acceptors (Lipinski definition) is 4. The second kappa shape index (κ2) is 6.21. The molecule has 0 radical (unpaired) electrons. The number of para-hydroxylation sites is 1. The van der Waals surface area contributed by atoms with Crippen LogP contribution in [0.1, 0.15) is 22.5 Å². The number of ether oxygens (including phenoxy) is 1. The van der Waals surface area contributed by atoms with Gasteiger partial charge < -0.3 is 14.8 Å². The molecule has 2 rings (SSSR count). The Morgan fingerprint density at radius 1 is 1.33 bits per heavy atom. The highest BCUT2D eigenvalue weighted by atomic mass is 16.5. The maximum Gasteiger partial charge on any atom is 0.308 e. The number of nitrogens with zero attached hydrogens (tertiary/aromatic N) is 1. The van der Waals surface area contributed by atoms with Crippen LogP contribution in [-0.2, 0) is 17.8 Å². The SMILES string of the molecule is Cc1cccc(C)c1OCc1ncc(CC(=O)O)c(=O)[nH]1. The number of carboxylic acids is 1. The van der Waals surface area contributed by atoms with E-state index in [1.54, 1.807) is 0 Å². The van der Waals surface area contributed by atoms with Gasteiger partial charge in [-0.25, -0.2) is 4.98 Å². The van der Waals surface area contributed by atoms with Crippen molar-refractivity contribution in [1.82, 2.24) is 9.97 Å². The molecule has 1 heterocycles. The summed E-state index contributed by atoms with van der Waals surface area (Å²) in [7, 11) is 0. The van der Waals surface area contributed by atoms with Crippen LogP contribution in [0.15, 0.2) is 29.2 Å². The fourth-order valence-electron chi connectivity index (χ4n) is 1.99. The van der Waals surface area contributed by atoms with Gasteiger partial charge in [-0.1, -0.05) is 18.2 Å². The molecule has 0 bridgehead atoms. The third-order valence-corrected chi connectivity index (χ3v) is 3.03. The zero-order valence-corrected chi connectivity index (χ0v) is 11.8. The lowest BCUT2D eigenvalue weighted by Crippen LogP contribution is -2.19. The third kappa shape index (κ3) is 3.68. The zero-order valence-electron chi connectivity index (χ0n) is 11.8. The summed E-state index contributed by atoms with van der Waals surface area (Å²) in [5.74, 6) is 0.0494. The molecule has 2 aromatic rings. The molecule has 0 saturated heterocycles. The smallest absolute Gasteiger partial charge is 0.308 e. The van der Waals surface area contributed by atoms with Gasteiger partial charge in [0.25, 0.3) is 5.56 Å². The number of carboxylic acid groups (broad SMARTS) is 1. The second-order valence-electron chi connectivity index (χ2n) is 4.76. The van der Waals surface area contributed by atoms with Crippen LogP contribution in [0.3, 0.4) is 0 Å². The van der Waals surface area contributed by atoms with Crippen molar-refractivity contribution in [1.29, 1.82) is 0 Å². The van der Waals surface area contributed by atoms with E-state index in [0.717, 1.165) is 16.9 Å². The van der Waals surface area contributed by atoms with E-state index in [9.17, 15) is 9.59 Å². The highest BCUT2D eigenvalue weighted by Gasteiger charge is 2.08. The molecule has 0 aliphatic carbocycles. The largest absolute Gasteiger partial charge is 0.485 e. The number of aryl methyl sites for hydroxylation is 2. The zero-order chi connectivity index (χ0) is 15.4. The van der Waals surface area contributed by atoms with E-state index in [4.69, 9.17) is 9.84 Å². The number of aliphatic carboxylic acids is 1. The molecule has 0 saturated carbocycles. The van der Waals surface area contributed by atoms with Crippen LogP contribution in [0.4, 0.5) is 0 Å². The Bertz CT molecular complexity index is 702. The van der Waals surface area contributed by atoms with Crippen molar-refractivity contribution in [3.05, 3.63) is 57.3 Å². The van der Waals surface area contributed by atoms with E-state index in [2.05, 4.69) is 9.97 Å². The first kappa shape index (κ1) is 14.8. The first-order valence-electron chi connectivity index (χ1n) is 6.45. The molecule has 1 aromatic heterocycles. The second-order valence-corrected chi connectivity index (χ2v) is 4.76. The average molecular weight is 288 g/mol. The monoisotopic (exact) mass is 288 g/mol. The molecule has 0 atom stereocenters. The molecule has 0 amide bonds. The summed E-state index contributed by atoms with van der Waals surface area (Å²) in [6.07, 6.45) is 0.927. The minimum absolute atomic E-state index is 0.119. The number of rotatable bonds is 5. The minimum atomic E-state index is -1.07. The van der Waals surface area contributed by atoms with Crippen LogP contribution >= 0.6 is 0 Å². The third-order valence-electron chi connectivity index (χ3n) is 3.03. The Balaban J connectivity index is 2.12. The standard InChI is InChI=1S/C15H16N2O4/c1-9-4-3-5-10(2)14(9)21-8-12-16-7-11(6-13(18)19)15(20)17-12/h3-5,7H,6,8H2,1-2H3,(H,18,19)(H,16,17,20). The summed E-state index contributed by atoms with van der Waals surface area (Å²) >= 11 is 0. The topological polar surface area (TPSA) is 92.3 Å². The number of aromatic amines is 1. The Hall–Kier alpha value is -2.63. The maximum absolute atomic E-state index is 11.7. The number of H-pyrrole nitrogens is 1. The fourth-order valence-corrected chi connectivity index (χ4v) is 1.99. The van der Waals surface area contributed by atoms with E-state index in [0.29, 0.717) is 5.82 Å². The van der Waals surface area contributed by atoms with Gasteiger partial charge >= 0.3 is 5.97 Å². The molecular weight excluding hydrogens is 272 g/mol. The van der Waals surface area contributed by atoms with Crippen molar-refractivity contribution < 1.29 is 14.6 Å². The summed E-state index contributed by atoms with van der Waals surface area (Å²) in [5, 5.41) is 8.67. The van der Waals surface area contributed by atoms with Gasteiger partial charge in [0.15, 0.2) is 0 Å². The Kier molecular flexibility index (Phi) is 4.37. The Labute approximate surface area is 121 Å². The summed E-state index contributed by atoms with van der Waals surface area (Å²) < 4.78 is 5.68. The molecule has 6 nitrogen and oxygen atoms in total. The van der Waals surface area contributed by atoms with Crippen molar-refractivity contribution in [2.75, 3.05) is 0 Å². The molecule has 2 N–H and O–H groups in total. The van der Waals surface area contributed by atoms with Crippen LogP contribution in [0.2, 0.25) is 0 Å². The van der Waals surface area contributed by atoms with Gasteiger partial charge in [0.05, 0.1) is 6.42 Å². The Morgan fingerprint density at radius 2 is 2.00 bits per heavy atom. The highest BCUT2D eigenvalue weighted by Crippen LogP contribution is 2.22. The highest BCUT2D eigenvalue weighted by molar-refractivity contribution is 5.69. The molecule has 110 valence electrons. The van der Waals surface area contributed by atoms with Crippen LogP contribution in [0.25, 0.3) is 0 Å². The van der Waals surface area contributed by atoms with Crippen LogP contribution in [0.5, 0.6) is 5.75 Å². The van der Waals surface area contributed by atoms with Gasteiger partial charge in [0.2, 0.25) is 0 Å². The summed E-state index contributed by atoms with van der Waals surface area (Å²) in [5.41, 5.74) is 1.67. The number of carbonyl (C=O) groups is 1. The van der Waals surface area contributed by atoms with Crippen LogP contribution in [0, 0.1) is 13.8 Å². The first-order valence-corrected chi connectivity index (χ1v) is 6.45. The number of aromatic nitrogens is 2. The van der Waals surface area contributed by atoms with Crippen LogP contribution in [-0.4, -0.2) is 21.0 Å². The molecule has 0 unspecified atom stereocenters. The van der Waals surface area contributed by atoms with E-state index >= 15 is 0 Å². The first-order chi connectivity index (χ1) is 9.97. The molecule has 0 aliphatic heterocycles. The van der Waals surface area contributed by atoms with E-state index in [-0.39, 0.29) is 18.6 Å².